The molecule has 33 heavy (non-hydrogen) atoms. The second kappa shape index (κ2) is 9.52. The second-order valence-corrected chi connectivity index (χ2v) is 8.68. The smallest absolute Gasteiger partial charge is 0.246 e. The van der Waals surface area contributed by atoms with Crippen molar-refractivity contribution in [3.05, 3.63) is 64.5 Å². The van der Waals surface area contributed by atoms with Gasteiger partial charge in [-0.1, -0.05) is 6.07 Å². The zero-order valence-corrected chi connectivity index (χ0v) is 20.0. The first-order valence-corrected chi connectivity index (χ1v) is 11.3. The normalized spacial score (nSPS) is 16.4. The van der Waals surface area contributed by atoms with E-state index in [1.807, 2.05) is 74.7 Å². The Morgan fingerprint density at radius 3 is 2.67 bits per heavy atom. The van der Waals surface area contributed by atoms with Crippen molar-refractivity contribution in [1.29, 1.82) is 0 Å². The number of piperidine rings is 1. The van der Waals surface area contributed by atoms with Crippen LogP contribution in [0.15, 0.2) is 30.3 Å². The Balaban J connectivity index is 1.48. The van der Waals surface area contributed by atoms with Gasteiger partial charge in [0.05, 0.1) is 11.4 Å². The lowest BCUT2D eigenvalue weighted by molar-refractivity contribution is -0.127. The molecule has 1 N–H and O–H groups in total. The highest BCUT2D eigenvalue weighted by molar-refractivity contribution is 5.92. The molecule has 4 rings (SSSR count). The Morgan fingerprint density at radius 1 is 1.12 bits per heavy atom. The molecular weight excluding hydrogens is 414 g/mol. The van der Waals surface area contributed by atoms with Gasteiger partial charge in [0.15, 0.2) is 0 Å². The van der Waals surface area contributed by atoms with Crippen LogP contribution in [-0.4, -0.2) is 48.6 Å². The molecule has 1 saturated heterocycles. The summed E-state index contributed by atoms with van der Waals surface area (Å²) < 4.78 is 1.84. The van der Waals surface area contributed by atoms with Crippen molar-refractivity contribution in [2.75, 3.05) is 18.4 Å². The van der Waals surface area contributed by atoms with Gasteiger partial charge in [0.25, 0.3) is 0 Å². The number of carbonyl (C=O) groups excluding carboxylic acids is 1. The van der Waals surface area contributed by atoms with E-state index in [0.717, 1.165) is 59.4 Å². The summed E-state index contributed by atoms with van der Waals surface area (Å²) in [4.78, 5) is 28.6. The Bertz CT molecular complexity index is 1200. The Labute approximate surface area is 194 Å². The lowest BCUT2D eigenvalue weighted by Crippen LogP contribution is -2.38. The minimum absolute atomic E-state index is 0.0236. The first kappa shape index (κ1) is 22.6. The van der Waals surface area contributed by atoms with Crippen LogP contribution in [0.25, 0.3) is 6.08 Å². The molecule has 1 fully saturated rings. The molecule has 172 valence electrons. The Hall–Kier alpha value is -3.55. The molecule has 0 aliphatic carbocycles. The van der Waals surface area contributed by atoms with Gasteiger partial charge in [-0.05, 0) is 58.7 Å². The van der Waals surface area contributed by atoms with Gasteiger partial charge in [0.1, 0.15) is 17.5 Å². The molecule has 3 aromatic heterocycles. The third-order valence-corrected chi connectivity index (χ3v) is 6.11. The molecule has 0 aromatic carbocycles. The van der Waals surface area contributed by atoms with Crippen LogP contribution in [0.1, 0.15) is 52.9 Å². The van der Waals surface area contributed by atoms with Gasteiger partial charge >= 0.3 is 0 Å². The highest BCUT2D eigenvalue weighted by atomic mass is 16.2. The number of hydrogen-bond donors (Lipinski definition) is 1. The quantitative estimate of drug-likeness (QED) is 0.597. The predicted octanol–water partition coefficient (Wildman–Crippen LogP) is 4.00. The molecule has 4 heterocycles. The lowest BCUT2D eigenvalue weighted by atomic mass is 9.94. The molecule has 0 spiro atoms. The first-order chi connectivity index (χ1) is 15.8. The summed E-state index contributed by atoms with van der Waals surface area (Å²) in [5.41, 5.74) is 4.88. The van der Waals surface area contributed by atoms with Crippen LogP contribution >= 0.6 is 0 Å². The predicted molar refractivity (Wildman–Crippen MR) is 129 cm³/mol. The number of anilines is 2. The van der Waals surface area contributed by atoms with E-state index in [2.05, 4.69) is 20.4 Å². The zero-order valence-electron chi connectivity index (χ0n) is 20.0. The molecular formula is C25H31N7O. The first-order valence-electron chi connectivity index (χ1n) is 11.3. The van der Waals surface area contributed by atoms with Gasteiger partial charge in [-0.3, -0.25) is 9.48 Å². The maximum atomic E-state index is 12.9. The van der Waals surface area contributed by atoms with Crippen LogP contribution in [0, 0.1) is 27.7 Å². The number of nitrogens with zero attached hydrogens (tertiary/aromatic N) is 6. The molecule has 1 amide bonds. The Morgan fingerprint density at radius 2 is 1.94 bits per heavy atom. The number of pyridine rings is 1. The van der Waals surface area contributed by atoms with Crippen molar-refractivity contribution in [3.8, 4) is 0 Å². The number of hydrogen-bond acceptors (Lipinski definition) is 6. The van der Waals surface area contributed by atoms with Crippen molar-refractivity contribution >= 4 is 23.6 Å². The van der Waals surface area contributed by atoms with E-state index in [4.69, 9.17) is 4.98 Å². The van der Waals surface area contributed by atoms with Crippen molar-refractivity contribution < 1.29 is 4.79 Å². The van der Waals surface area contributed by atoms with E-state index < -0.39 is 0 Å². The molecule has 0 bridgehead atoms. The van der Waals surface area contributed by atoms with Crippen LogP contribution in [0.4, 0.5) is 11.6 Å². The van der Waals surface area contributed by atoms with E-state index >= 15 is 0 Å². The number of carbonyl (C=O) groups is 1. The van der Waals surface area contributed by atoms with E-state index in [1.54, 1.807) is 6.08 Å². The SMILES string of the molecule is Cc1cccc(Nc2cc(C3CCCN(C(=O)/C=C/c4c(C)nn(C)c4C)C3)nc(C)n2)n1. The fourth-order valence-corrected chi connectivity index (χ4v) is 4.32. The van der Waals surface area contributed by atoms with Gasteiger partial charge < -0.3 is 10.2 Å². The monoisotopic (exact) mass is 445 g/mol. The summed E-state index contributed by atoms with van der Waals surface area (Å²) in [7, 11) is 1.92. The topological polar surface area (TPSA) is 88.8 Å². The van der Waals surface area contributed by atoms with Crippen molar-refractivity contribution in [3.63, 3.8) is 0 Å². The summed E-state index contributed by atoms with van der Waals surface area (Å²) in [5.74, 6) is 2.38. The van der Waals surface area contributed by atoms with Gasteiger partial charge in [-0.25, -0.2) is 15.0 Å². The van der Waals surface area contributed by atoms with E-state index in [1.165, 1.54) is 0 Å². The highest BCUT2D eigenvalue weighted by Crippen LogP contribution is 2.28. The van der Waals surface area contributed by atoms with E-state index in [0.29, 0.717) is 12.4 Å². The van der Waals surface area contributed by atoms with Crippen molar-refractivity contribution in [2.45, 2.75) is 46.5 Å². The van der Waals surface area contributed by atoms with Crippen LogP contribution in [0.3, 0.4) is 0 Å². The molecule has 1 unspecified atom stereocenters. The Kier molecular flexibility index (Phi) is 6.53. The molecule has 1 aliphatic heterocycles. The van der Waals surface area contributed by atoms with Crippen LogP contribution in [0.5, 0.6) is 0 Å². The fourth-order valence-electron chi connectivity index (χ4n) is 4.32. The molecule has 8 nitrogen and oxygen atoms in total. The van der Waals surface area contributed by atoms with Gasteiger partial charge in [-0.2, -0.15) is 5.10 Å². The van der Waals surface area contributed by atoms with Gasteiger partial charge in [0, 0.05) is 55.1 Å². The molecule has 1 atom stereocenters. The maximum absolute atomic E-state index is 12.9. The highest BCUT2D eigenvalue weighted by Gasteiger charge is 2.25. The van der Waals surface area contributed by atoms with Crippen molar-refractivity contribution in [1.82, 2.24) is 29.6 Å². The fraction of sp³-hybridized carbons (Fsp3) is 0.400. The summed E-state index contributed by atoms with van der Waals surface area (Å²) in [6.07, 6.45) is 5.49. The third-order valence-electron chi connectivity index (χ3n) is 6.11. The number of amides is 1. The number of likely N-dealkylation sites (tertiary alicyclic amines) is 1. The molecule has 1 aliphatic rings. The third kappa shape index (κ3) is 5.27. The van der Waals surface area contributed by atoms with Gasteiger partial charge in [-0.15, -0.1) is 0 Å². The van der Waals surface area contributed by atoms with Crippen LogP contribution in [-0.2, 0) is 11.8 Å². The molecule has 0 radical (unpaired) electrons. The number of rotatable bonds is 5. The minimum atomic E-state index is 0.0236. The van der Waals surface area contributed by atoms with E-state index in [9.17, 15) is 4.79 Å². The van der Waals surface area contributed by atoms with E-state index in [-0.39, 0.29) is 11.8 Å². The minimum Gasteiger partial charge on any atom is -0.338 e. The van der Waals surface area contributed by atoms with Crippen LogP contribution < -0.4 is 5.32 Å². The average Bonchev–Trinajstić information content (AvgIpc) is 3.02. The summed E-state index contributed by atoms with van der Waals surface area (Å²) in [5, 5.41) is 7.71. The average molecular weight is 446 g/mol. The van der Waals surface area contributed by atoms with Crippen molar-refractivity contribution in [2.24, 2.45) is 7.05 Å². The summed E-state index contributed by atoms with van der Waals surface area (Å²) in [6.45, 7) is 9.23. The summed E-state index contributed by atoms with van der Waals surface area (Å²) >= 11 is 0. The number of aryl methyl sites for hydroxylation is 4. The molecule has 3 aromatic rings. The number of aromatic nitrogens is 5. The van der Waals surface area contributed by atoms with Crippen LogP contribution in [0.2, 0.25) is 0 Å². The molecule has 8 heteroatoms. The summed E-state index contributed by atoms with van der Waals surface area (Å²) in [6, 6.07) is 7.82. The second-order valence-electron chi connectivity index (χ2n) is 8.68. The lowest BCUT2D eigenvalue weighted by Gasteiger charge is -2.32. The zero-order chi connectivity index (χ0) is 23.5. The number of nitrogens with one attached hydrogen (secondary N) is 1. The standard InChI is InChI=1S/C25H31N7O/c1-16-8-6-10-23(26-16)29-24-14-22(27-19(4)28-24)20-9-7-13-32(15-20)25(33)12-11-21-17(2)30-31(5)18(21)3/h6,8,10-12,14,20H,7,9,13,15H2,1-5H3,(H,26,27,28,29)/b12-11+. The largest absolute Gasteiger partial charge is 0.338 e. The molecule has 0 saturated carbocycles. The maximum Gasteiger partial charge on any atom is 0.246 e. The van der Waals surface area contributed by atoms with Gasteiger partial charge in [0.2, 0.25) is 5.91 Å².